The Balaban J connectivity index is 0.00000169. The first kappa shape index (κ1) is 12.6. The standard InChI is InChI=1S/C8H7F2NO2.ClH/c1-13-8(12)6-4(9)2-3-5(11)7(6)10;/h2-3H,11H2,1H3;1H. The molecule has 0 aromatic heterocycles. The molecule has 3 nitrogen and oxygen atoms in total. The third-order valence-corrected chi connectivity index (χ3v) is 1.51. The van der Waals surface area contributed by atoms with Crippen molar-refractivity contribution < 1.29 is 18.3 Å². The highest BCUT2D eigenvalue weighted by atomic mass is 35.5. The number of benzene rings is 1. The molecule has 0 aliphatic rings. The highest BCUT2D eigenvalue weighted by Crippen LogP contribution is 2.18. The molecule has 78 valence electrons. The maximum Gasteiger partial charge on any atom is 0.343 e. The van der Waals surface area contributed by atoms with Crippen molar-refractivity contribution in [3.8, 4) is 0 Å². The third-order valence-electron chi connectivity index (χ3n) is 1.51. The Morgan fingerprint density at radius 3 is 2.50 bits per heavy atom. The predicted molar refractivity (Wildman–Crippen MR) is 49.4 cm³/mol. The molecule has 0 aliphatic heterocycles. The summed E-state index contributed by atoms with van der Waals surface area (Å²) in [7, 11) is 1.03. The van der Waals surface area contributed by atoms with Gasteiger partial charge in [-0.05, 0) is 12.1 Å². The molecule has 0 fully saturated rings. The van der Waals surface area contributed by atoms with Crippen LogP contribution >= 0.6 is 12.4 Å². The van der Waals surface area contributed by atoms with E-state index in [-0.39, 0.29) is 18.1 Å². The SMILES string of the molecule is COC(=O)c1c(F)ccc(N)c1F.Cl. The maximum atomic E-state index is 13.0. The van der Waals surface area contributed by atoms with E-state index in [0.717, 1.165) is 19.2 Å². The Kier molecular flexibility index (Phi) is 4.30. The zero-order valence-corrected chi connectivity index (χ0v) is 8.03. The van der Waals surface area contributed by atoms with Gasteiger partial charge in [0.2, 0.25) is 0 Å². The number of nitrogens with two attached hydrogens (primary N) is 1. The molecule has 0 bridgehead atoms. The minimum absolute atomic E-state index is 0. The van der Waals surface area contributed by atoms with Crippen molar-refractivity contribution in [3.63, 3.8) is 0 Å². The molecule has 0 saturated heterocycles. The van der Waals surface area contributed by atoms with Crippen molar-refractivity contribution in [2.24, 2.45) is 0 Å². The second kappa shape index (κ2) is 4.76. The van der Waals surface area contributed by atoms with Gasteiger partial charge in [-0.1, -0.05) is 0 Å². The van der Waals surface area contributed by atoms with Gasteiger partial charge in [-0.25, -0.2) is 13.6 Å². The number of methoxy groups -OCH3 is 1. The largest absolute Gasteiger partial charge is 0.465 e. The molecule has 0 saturated carbocycles. The number of ether oxygens (including phenoxy) is 1. The first-order valence-corrected chi connectivity index (χ1v) is 3.39. The summed E-state index contributed by atoms with van der Waals surface area (Å²) in [6.07, 6.45) is 0. The Morgan fingerprint density at radius 1 is 1.43 bits per heavy atom. The monoisotopic (exact) mass is 223 g/mol. The van der Waals surface area contributed by atoms with E-state index in [2.05, 4.69) is 4.74 Å². The van der Waals surface area contributed by atoms with Gasteiger partial charge in [0.25, 0.3) is 0 Å². The Bertz CT molecular complexity index is 357. The summed E-state index contributed by atoms with van der Waals surface area (Å²) in [4.78, 5) is 10.8. The van der Waals surface area contributed by atoms with Gasteiger partial charge in [0.15, 0.2) is 5.82 Å². The quantitative estimate of drug-likeness (QED) is 0.583. The topological polar surface area (TPSA) is 52.3 Å². The van der Waals surface area contributed by atoms with E-state index in [9.17, 15) is 13.6 Å². The van der Waals surface area contributed by atoms with Crippen LogP contribution in [0.4, 0.5) is 14.5 Å². The summed E-state index contributed by atoms with van der Waals surface area (Å²) in [5.74, 6) is -3.16. The molecule has 0 aliphatic carbocycles. The van der Waals surface area contributed by atoms with E-state index < -0.39 is 23.2 Å². The minimum atomic E-state index is -1.09. The van der Waals surface area contributed by atoms with Gasteiger partial charge in [0, 0.05) is 0 Å². The van der Waals surface area contributed by atoms with Crippen LogP contribution in [-0.2, 0) is 4.74 Å². The van der Waals surface area contributed by atoms with Crippen molar-refractivity contribution in [2.75, 3.05) is 12.8 Å². The van der Waals surface area contributed by atoms with Gasteiger partial charge in [-0.2, -0.15) is 0 Å². The number of nitrogen functional groups attached to an aromatic ring is 1. The summed E-state index contributed by atoms with van der Waals surface area (Å²) in [5.41, 5.74) is 4.08. The van der Waals surface area contributed by atoms with E-state index in [1.165, 1.54) is 0 Å². The number of halogens is 3. The lowest BCUT2D eigenvalue weighted by Crippen LogP contribution is -2.09. The first-order valence-electron chi connectivity index (χ1n) is 3.39. The fourth-order valence-electron chi connectivity index (χ4n) is 0.858. The van der Waals surface area contributed by atoms with Crippen molar-refractivity contribution in [1.29, 1.82) is 0 Å². The highest BCUT2D eigenvalue weighted by molar-refractivity contribution is 5.91. The molecule has 0 atom stereocenters. The van der Waals surface area contributed by atoms with Crippen molar-refractivity contribution in [1.82, 2.24) is 0 Å². The van der Waals surface area contributed by atoms with E-state index in [1.54, 1.807) is 0 Å². The van der Waals surface area contributed by atoms with Crippen LogP contribution in [0.15, 0.2) is 12.1 Å². The lowest BCUT2D eigenvalue weighted by Gasteiger charge is -2.04. The molecular formula is C8H8ClF2NO2. The Hall–Kier alpha value is -1.36. The van der Waals surface area contributed by atoms with E-state index in [0.29, 0.717) is 0 Å². The van der Waals surface area contributed by atoms with Crippen molar-refractivity contribution in [3.05, 3.63) is 29.3 Å². The van der Waals surface area contributed by atoms with Gasteiger partial charge in [-0.3, -0.25) is 0 Å². The lowest BCUT2D eigenvalue weighted by molar-refractivity contribution is 0.0590. The molecule has 1 aromatic rings. The molecule has 0 unspecified atom stereocenters. The third kappa shape index (κ3) is 2.11. The average Bonchev–Trinajstić information content (AvgIpc) is 2.12. The first-order chi connectivity index (χ1) is 6.07. The molecule has 6 heteroatoms. The smallest absolute Gasteiger partial charge is 0.343 e. The van der Waals surface area contributed by atoms with Crippen molar-refractivity contribution >= 4 is 24.1 Å². The molecule has 0 heterocycles. The predicted octanol–water partition coefficient (Wildman–Crippen LogP) is 1.76. The Morgan fingerprint density at radius 2 is 2.00 bits per heavy atom. The van der Waals surface area contributed by atoms with Crippen LogP contribution in [0.1, 0.15) is 10.4 Å². The number of hydrogen-bond donors (Lipinski definition) is 1. The summed E-state index contributed by atoms with van der Waals surface area (Å²) < 4.78 is 30.1. The number of carbonyl (C=O) groups excluding carboxylic acids is 1. The van der Waals surface area contributed by atoms with Crippen LogP contribution in [0.25, 0.3) is 0 Å². The van der Waals surface area contributed by atoms with Crippen molar-refractivity contribution in [2.45, 2.75) is 0 Å². The number of carbonyl (C=O) groups is 1. The lowest BCUT2D eigenvalue weighted by atomic mass is 10.2. The Labute approximate surface area is 85.3 Å². The van der Waals surface area contributed by atoms with E-state index in [4.69, 9.17) is 5.73 Å². The molecule has 1 rings (SSSR count). The zero-order valence-electron chi connectivity index (χ0n) is 7.21. The van der Waals surface area contributed by atoms with Crippen LogP contribution in [0.2, 0.25) is 0 Å². The van der Waals surface area contributed by atoms with Crippen LogP contribution in [0.3, 0.4) is 0 Å². The highest BCUT2D eigenvalue weighted by Gasteiger charge is 2.19. The van der Waals surface area contributed by atoms with Gasteiger partial charge < -0.3 is 10.5 Å². The number of anilines is 1. The van der Waals surface area contributed by atoms with Gasteiger partial charge >= 0.3 is 5.97 Å². The van der Waals surface area contributed by atoms with Crippen LogP contribution < -0.4 is 5.73 Å². The maximum absolute atomic E-state index is 13.0. The normalized spacial score (nSPS) is 9.07. The summed E-state index contributed by atoms with van der Waals surface area (Å²) in [5, 5.41) is 0. The van der Waals surface area contributed by atoms with E-state index >= 15 is 0 Å². The summed E-state index contributed by atoms with van der Waals surface area (Å²) in [6.45, 7) is 0. The van der Waals surface area contributed by atoms with Gasteiger partial charge in [-0.15, -0.1) is 12.4 Å². The summed E-state index contributed by atoms with van der Waals surface area (Å²) in [6, 6.07) is 1.95. The van der Waals surface area contributed by atoms with Crippen LogP contribution in [-0.4, -0.2) is 13.1 Å². The fourth-order valence-corrected chi connectivity index (χ4v) is 0.858. The average molecular weight is 224 g/mol. The van der Waals surface area contributed by atoms with Crippen LogP contribution in [0, 0.1) is 11.6 Å². The van der Waals surface area contributed by atoms with Gasteiger partial charge in [0.1, 0.15) is 11.4 Å². The molecule has 0 spiro atoms. The van der Waals surface area contributed by atoms with Gasteiger partial charge in [0.05, 0.1) is 12.8 Å². The molecule has 0 amide bonds. The number of hydrogen-bond acceptors (Lipinski definition) is 3. The second-order valence-corrected chi connectivity index (χ2v) is 2.32. The zero-order chi connectivity index (χ0) is 10.0. The fraction of sp³-hybridized carbons (Fsp3) is 0.125. The number of esters is 1. The van der Waals surface area contributed by atoms with Crippen LogP contribution in [0.5, 0.6) is 0 Å². The molecular weight excluding hydrogens is 216 g/mol. The molecule has 2 N–H and O–H groups in total. The molecule has 1 aromatic carbocycles. The molecule has 0 radical (unpaired) electrons. The second-order valence-electron chi connectivity index (χ2n) is 2.32. The summed E-state index contributed by atoms with van der Waals surface area (Å²) >= 11 is 0. The molecule has 14 heavy (non-hydrogen) atoms. The van der Waals surface area contributed by atoms with E-state index in [1.807, 2.05) is 0 Å². The number of rotatable bonds is 1. The minimum Gasteiger partial charge on any atom is -0.465 e.